The second kappa shape index (κ2) is 6.88. The van der Waals surface area contributed by atoms with Gasteiger partial charge in [-0.05, 0) is 13.3 Å². The van der Waals surface area contributed by atoms with Gasteiger partial charge in [-0.15, -0.1) is 0 Å². The molecule has 2 rings (SSSR count). The molecular formula is C13H24N4O2. The van der Waals surface area contributed by atoms with Crippen LogP contribution in [0.1, 0.15) is 12.1 Å². The standard InChI is InChI=1S/C13H24N4O2/c1-11-9-16(4-3-6-18-2)13(15-11)17-5-7-19-12(8-14)10-17/h9,12H,3-8,10,14H2,1-2H3. The van der Waals surface area contributed by atoms with E-state index >= 15 is 0 Å². The van der Waals surface area contributed by atoms with Crippen molar-refractivity contribution in [2.75, 3.05) is 44.9 Å². The third kappa shape index (κ3) is 3.68. The van der Waals surface area contributed by atoms with E-state index in [0.29, 0.717) is 13.2 Å². The summed E-state index contributed by atoms with van der Waals surface area (Å²) in [6.45, 7) is 6.68. The predicted octanol–water partition coefficient (Wildman–Crippen LogP) is 0.392. The molecule has 2 N–H and O–H groups in total. The minimum Gasteiger partial charge on any atom is -0.385 e. The van der Waals surface area contributed by atoms with Crippen LogP contribution < -0.4 is 10.6 Å². The molecule has 1 aliphatic rings. The van der Waals surface area contributed by atoms with Crippen LogP contribution in [-0.4, -0.2) is 55.6 Å². The van der Waals surface area contributed by atoms with E-state index in [2.05, 4.69) is 20.6 Å². The number of rotatable bonds is 6. The summed E-state index contributed by atoms with van der Waals surface area (Å²) < 4.78 is 12.9. The molecule has 0 radical (unpaired) electrons. The van der Waals surface area contributed by atoms with Crippen LogP contribution in [0, 0.1) is 6.92 Å². The molecule has 19 heavy (non-hydrogen) atoms. The van der Waals surface area contributed by atoms with Gasteiger partial charge in [-0.2, -0.15) is 0 Å². The Hall–Kier alpha value is -1.11. The normalized spacial score (nSPS) is 19.9. The SMILES string of the molecule is COCCCn1cc(C)nc1N1CCOC(CN)C1. The topological polar surface area (TPSA) is 65.5 Å². The van der Waals surface area contributed by atoms with E-state index in [1.807, 2.05) is 6.92 Å². The van der Waals surface area contributed by atoms with Crippen LogP contribution in [-0.2, 0) is 16.0 Å². The third-order valence-corrected chi connectivity index (χ3v) is 3.31. The highest BCUT2D eigenvalue weighted by atomic mass is 16.5. The fraction of sp³-hybridized carbons (Fsp3) is 0.769. The lowest BCUT2D eigenvalue weighted by Gasteiger charge is -2.33. The van der Waals surface area contributed by atoms with Crippen LogP contribution >= 0.6 is 0 Å². The van der Waals surface area contributed by atoms with Crippen molar-refractivity contribution in [3.8, 4) is 0 Å². The van der Waals surface area contributed by atoms with Crippen LogP contribution in [0.15, 0.2) is 6.20 Å². The number of nitrogens with zero attached hydrogens (tertiary/aromatic N) is 3. The van der Waals surface area contributed by atoms with Gasteiger partial charge >= 0.3 is 0 Å². The maximum atomic E-state index is 5.69. The molecule has 1 atom stereocenters. The molecule has 2 heterocycles. The van der Waals surface area contributed by atoms with Gasteiger partial charge in [-0.1, -0.05) is 0 Å². The lowest BCUT2D eigenvalue weighted by atomic mass is 10.3. The van der Waals surface area contributed by atoms with Crippen molar-refractivity contribution in [2.45, 2.75) is 26.0 Å². The molecular weight excluding hydrogens is 244 g/mol. The number of morpholine rings is 1. The van der Waals surface area contributed by atoms with Gasteiger partial charge < -0.3 is 24.7 Å². The number of nitrogens with two attached hydrogens (primary N) is 1. The molecule has 0 aliphatic carbocycles. The molecule has 1 saturated heterocycles. The van der Waals surface area contributed by atoms with E-state index in [1.54, 1.807) is 7.11 Å². The van der Waals surface area contributed by atoms with Gasteiger partial charge in [0, 0.05) is 46.1 Å². The first-order valence-electron chi connectivity index (χ1n) is 6.84. The first kappa shape index (κ1) is 14.3. The van der Waals surface area contributed by atoms with E-state index in [-0.39, 0.29) is 6.10 Å². The number of hydrogen-bond donors (Lipinski definition) is 1. The summed E-state index contributed by atoms with van der Waals surface area (Å²) in [5.74, 6) is 1.02. The number of aryl methyl sites for hydroxylation is 2. The number of aromatic nitrogens is 2. The van der Waals surface area contributed by atoms with Crippen LogP contribution in [0.5, 0.6) is 0 Å². The molecule has 6 nitrogen and oxygen atoms in total. The largest absolute Gasteiger partial charge is 0.385 e. The van der Waals surface area contributed by atoms with Gasteiger partial charge in [-0.25, -0.2) is 4.98 Å². The summed E-state index contributed by atoms with van der Waals surface area (Å²) in [4.78, 5) is 6.90. The van der Waals surface area contributed by atoms with Crippen LogP contribution in [0.4, 0.5) is 5.95 Å². The van der Waals surface area contributed by atoms with E-state index in [0.717, 1.165) is 44.3 Å². The lowest BCUT2D eigenvalue weighted by molar-refractivity contribution is 0.0457. The molecule has 1 fully saturated rings. The van der Waals surface area contributed by atoms with Gasteiger partial charge in [0.05, 0.1) is 18.4 Å². The molecule has 1 aromatic heterocycles. The Morgan fingerprint density at radius 2 is 2.42 bits per heavy atom. The molecule has 6 heteroatoms. The fourth-order valence-corrected chi connectivity index (χ4v) is 2.37. The molecule has 108 valence electrons. The van der Waals surface area contributed by atoms with E-state index in [9.17, 15) is 0 Å². The Morgan fingerprint density at radius 1 is 1.58 bits per heavy atom. The number of methoxy groups -OCH3 is 1. The zero-order chi connectivity index (χ0) is 13.7. The zero-order valence-electron chi connectivity index (χ0n) is 11.8. The van der Waals surface area contributed by atoms with Crippen molar-refractivity contribution >= 4 is 5.95 Å². The van der Waals surface area contributed by atoms with Gasteiger partial charge in [0.15, 0.2) is 0 Å². The van der Waals surface area contributed by atoms with E-state index in [4.69, 9.17) is 15.2 Å². The zero-order valence-corrected chi connectivity index (χ0v) is 11.8. The second-order valence-corrected chi connectivity index (χ2v) is 4.90. The van der Waals surface area contributed by atoms with E-state index in [1.165, 1.54) is 0 Å². The van der Waals surface area contributed by atoms with Crippen LogP contribution in [0.25, 0.3) is 0 Å². The molecule has 0 bridgehead atoms. The Morgan fingerprint density at radius 3 is 3.16 bits per heavy atom. The van der Waals surface area contributed by atoms with Crippen LogP contribution in [0.2, 0.25) is 0 Å². The highest BCUT2D eigenvalue weighted by Crippen LogP contribution is 2.18. The van der Waals surface area contributed by atoms with E-state index < -0.39 is 0 Å². The minimum absolute atomic E-state index is 0.109. The van der Waals surface area contributed by atoms with Crippen molar-refractivity contribution in [1.82, 2.24) is 9.55 Å². The fourth-order valence-electron chi connectivity index (χ4n) is 2.37. The lowest BCUT2D eigenvalue weighted by Crippen LogP contribution is -2.46. The van der Waals surface area contributed by atoms with Gasteiger partial charge in [0.1, 0.15) is 0 Å². The maximum absolute atomic E-state index is 5.69. The van der Waals surface area contributed by atoms with Crippen molar-refractivity contribution in [3.63, 3.8) is 0 Å². The number of anilines is 1. The van der Waals surface area contributed by atoms with Gasteiger partial charge in [0.2, 0.25) is 5.95 Å². The summed E-state index contributed by atoms with van der Waals surface area (Å²) in [5, 5.41) is 0. The first-order valence-corrected chi connectivity index (χ1v) is 6.84. The quantitative estimate of drug-likeness (QED) is 0.756. The Labute approximate surface area is 114 Å². The monoisotopic (exact) mass is 268 g/mol. The Balaban J connectivity index is 2.05. The first-order chi connectivity index (χ1) is 9.24. The smallest absolute Gasteiger partial charge is 0.205 e. The highest BCUT2D eigenvalue weighted by Gasteiger charge is 2.22. The average molecular weight is 268 g/mol. The minimum atomic E-state index is 0.109. The molecule has 0 aromatic carbocycles. The van der Waals surface area contributed by atoms with Gasteiger partial charge in [0.25, 0.3) is 0 Å². The van der Waals surface area contributed by atoms with Crippen molar-refractivity contribution in [1.29, 1.82) is 0 Å². The molecule has 1 unspecified atom stereocenters. The Bertz CT molecular complexity index is 394. The highest BCUT2D eigenvalue weighted by molar-refractivity contribution is 5.34. The van der Waals surface area contributed by atoms with Crippen LogP contribution in [0.3, 0.4) is 0 Å². The number of ether oxygens (including phenoxy) is 2. The molecule has 1 aliphatic heterocycles. The molecule has 1 aromatic rings. The van der Waals surface area contributed by atoms with Crippen molar-refractivity contribution < 1.29 is 9.47 Å². The summed E-state index contributed by atoms with van der Waals surface area (Å²) in [5.41, 5.74) is 6.73. The summed E-state index contributed by atoms with van der Waals surface area (Å²) >= 11 is 0. The average Bonchev–Trinajstić information content (AvgIpc) is 2.80. The molecule has 0 amide bonds. The predicted molar refractivity (Wildman–Crippen MR) is 74.5 cm³/mol. The summed E-state index contributed by atoms with van der Waals surface area (Å²) in [6.07, 6.45) is 3.19. The Kier molecular flexibility index (Phi) is 5.18. The number of hydrogen-bond acceptors (Lipinski definition) is 5. The molecule has 0 spiro atoms. The summed E-state index contributed by atoms with van der Waals surface area (Å²) in [6, 6.07) is 0. The van der Waals surface area contributed by atoms with Crippen molar-refractivity contribution in [3.05, 3.63) is 11.9 Å². The number of imidazole rings is 1. The maximum Gasteiger partial charge on any atom is 0.205 e. The third-order valence-electron chi connectivity index (χ3n) is 3.31. The van der Waals surface area contributed by atoms with Gasteiger partial charge in [-0.3, -0.25) is 0 Å². The molecule has 0 saturated carbocycles. The second-order valence-electron chi connectivity index (χ2n) is 4.90. The summed E-state index contributed by atoms with van der Waals surface area (Å²) in [7, 11) is 1.73. The van der Waals surface area contributed by atoms with Crippen molar-refractivity contribution in [2.24, 2.45) is 5.73 Å².